The monoisotopic (exact) mass is 208 g/mol. The van der Waals surface area contributed by atoms with Crippen LogP contribution in [-0.2, 0) is 0 Å². The van der Waals surface area contributed by atoms with Crippen molar-refractivity contribution < 1.29 is 0 Å². The molecular formula is C16H16. The van der Waals surface area contributed by atoms with Crippen LogP contribution in [0, 0.1) is 13.8 Å². The zero-order valence-corrected chi connectivity index (χ0v) is 9.83. The molecule has 0 heteroatoms. The second-order valence-electron chi connectivity index (χ2n) is 4.05. The lowest BCUT2D eigenvalue weighted by Crippen LogP contribution is -1.88. The van der Waals surface area contributed by atoms with Crippen molar-refractivity contribution in [1.82, 2.24) is 0 Å². The molecule has 0 aliphatic heterocycles. The van der Waals surface area contributed by atoms with E-state index in [0.717, 1.165) is 0 Å². The summed E-state index contributed by atoms with van der Waals surface area (Å²) in [4.78, 5) is 0. The van der Waals surface area contributed by atoms with Crippen LogP contribution in [0.15, 0.2) is 49.1 Å². The third-order valence-electron chi connectivity index (χ3n) is 3.02. The minimum Gasteiger partial charge on any atom is -0.0991 e. The van der Waals surface area contributed by atoms with E-state index in [9.17, 15) is 0 Å². The number of hydrogen-bond donors (Lipinski definition) is 0. The van der Waals surface area contributed by atoms with Crippen LogP contribution in [0.3, 0.4) is 0 Å². The van der Waals surface area contributed by atoms with Gasteiger partial charge in [-0.15, -0.1) is 0 Å². The lowest BCUT2D eigenvalue weighted by atomic mass is 9.95. The molecule has 0 saturated heterocycles. The molecule has 0 atom stereocenters. The molecule has 0 aromatic heterocycles. The van der Waals surface area contributed by atoms with Crippen LogP contribution in [0.1, 0.15) is 16.7 Å². The lowest BCUT2D eigenvalue weighted by molar-refractivity contribution is 1.35. The van der Waals surface area contributed by atoms with Crippen molar-refractivity contribution in [2.24, 2.45) is 0 Å². The second-order valence-corrected chi connectivity index (χ2v) is 4.05. The van der Waals surface area contributed by atoms with E-state index in [-0.39, 0.29) is 0 Å². The standard InChI is InChI=1S/C16H16/c1-4-5-9-15-13(3)12(2)11-14-8-6-7-10-16(14)15/h4-11H,1H2,2-3H3/b9-5-. The Morgan fingerprint density at radius 1 is 1.12 bits per heavy atom. The van der Waals surface area contributed by atoms with E-state index in [2.05, 4.69) is 56.8 Å². The third kappa shape index (κ3) is 1.79. The Morgan fingerprint density at radius 3 is 2.62 bits per heavy atom. The number of fused-ring (bicyclic) bond motifs is 1. The van der Waals surface area contributed by atoms with Crippen molar-refractivity contribution in [3.63, 3.8) is 0 Å². The van der Waals surface area contributed by atoms with E-state index in [1.54, 1.807) is 0 Å². The molecule has 2 aromatic rings. The summed E-state index contributed by atoms with van der Waals surface area (Å²) in [5, 5.41) is 2.61. The second kappa shape index (κ2) is 4.36. The van der Waals surface area contributed by atoms with Gasteiger partial charge in [0.1, 0.15) is 0 Å². The fourth-order valence-electron chi connectivity index (χ4n) is 2.00. The van der Waals surface area contributed by atoms with Crippen LogP contribution in [0.2, 0.25) is 0 Å². The van der Waals surface area contributed by atoms with E-state index in [0.29, 0.717) is 0 Å². The highest BCUT2D eigenvalue weighted by atomic mass is 14.1. The number of hydrogen-bond acceptors (Lipinski definition) is 0. The molecule has 0 heterocycles. The molecule has 0 nitrogen and oxygen atoms in total. The average molecular weight is 208 g/mol. The Bertz CT molecular complexity index is 560. The quantitative estimate of drug-likeness (QED) is 0.630. The van der Waals surface area contributed by atoms with E-state index in [1.807, 2.05) is 12.2 Å². The molecule has 0 saturated carbocycles. The molecule has 0 amide bonds. The summed E-state index contributed by atoms with van der Waals surface area (Å²) in [6, 6.07) is 10.7. The van der Waals surface area contributed by atoms with Gasteiger partial charge in [0.25, 0.3) is 0 Å². The van der Waals surface area contributed by atoms with Crippen LogP contribution in [0.4, 0.5) is 0 Å². The van der Waals surface area contributed by atoms with Crippen LogP contribution in [0.5, 0.6) is 0 Å². The van der Waals surface area contributed by atoms with Crippen molar-refractivity contribution in [2.75, 3.05) is 0 Å². The molecule has 0 spiro atoms. The normalized spacial score (nSPS) is 11.1. The van der Waals surface area contributed by atoms with Gasteiger partial charge in [-0.05, 0) is 41.3 Å². The van der Waals surface area contributed by atoms with Crippen molar-refractivity contribution in [3.8, 4) is 0 Å². The van der Waals surface area contributed by atoms with Crippen LogP contribution < -0.4 is 0 Å². The molecule has 80 valence electrons. The molecule has 2 rings (SSSR count). The van der Waals surface area contributed by atoms with E-state index >= 15 is 0 Å². The maximum Gasteiger partial charge on any atom is -0.0109 e. The van der Waals surface area contributed by atoms with Gasteiger partial charge in [-0.25, -0.2) is 0 Å². The minimum absolute atomic E-state index is 1.30. The summed E-state index contributed by atoms with van der Waals surface area (Å²) >= 11 is 0. The van der Waals surface area contributed by atoms with E-state index in [4.69, 9.17) is 0 Å². The van der Waals surface area contributed by atoms with Crippen molar-refractivity contribution in [3.05, 3.63) is 65.8 Å². The van der Waals surface area contributed by atoms with Gasteiger partial charge in [0.05, 0.1) is 0 Å². The topological polar surface area (TPSA) is 0 Å². The van der Waals surface area contributed by atoms with Crippen molar-refractivity contribution >= 4 is 16.8 Å². The molecular weight excluding hydrogens is 192 g/mol. The first-order valence-corrected chi connectivity index (χ1v) is 5.52. The van der Waals surface area contributed by atoms with Gasteiger partial charge in [-0.3, -0.25) is 0 Å². The Balaban J connectivity index is 2.81. The highest BCUT2D eigenvalue weighted by Crippen LogP contribution is 2.26. The molecule has 0 bridgehead atoms. The smallest absolute Gasteiger partial charge is 0.0109 e. The first-order valence-electron chi connectivity index (χ1n) is 5.52. The summed E-state index contributed by atoms with van der Waals surface area (Å²) in [6.07, 6.45) is 5.95. The summed E-state index contributed by atoms with van der Waals surface area (Å²) < 4.78 is 0. The molecule has 0 aliphatic rings. The van der Waals surface area contributed by atoms with Gasteiger partial charge < -0.3 is 0 Å². The maximum atomic E-state index is 3.72. The third-order valence-corrected chi connectivity index (χ3v) is 3.02. The predicted molar refractivity (Wildman–Crippen MR) is 72.7 cm³/mol. The number of rotatable bonds is 2. The van der Waals surface area contributed by atoms with Crippen molar-refractivity contribution in [1.29, 1.82) is 0 Å². The molecule has 0 unspecified atom stereocenters. The molecule has 0 radical (unpaired) electrons. The molecule has 16 heavy (non-hydrogen) atoms. The summed E-state index contributed by atoms with van der Waals surface area (Å²) in [5.41, 5.74) is 3.98. The highest BCUT2D eigenvalue weighted by molar-refractivity contribution is 5.92. The maximum absolute atomic E-state index is 3.72. The van der Waals surface area contributed by atoms with Gasteiger partial charge in [-0.2, -0.15) is 0 Å². The van der Waals surface area contributed by atoms with Gasteiger partial charge >= 0.3 is 0 Å². The zero-order chi connectivity index (χ0) is 11.5. The number of benzene rings is 2. The number of allylic oxidation sites excluding steroid dienone is 2. The van der Waals surface area contributed by atoms with Crippen molar-refractivity contribution in [2.45, 2.75) is 13.8 Å². The predicted octanol–water partition coefficient (Wildman–Crippen LogP) is 4.66. The molecule has 0 N–H and O–H groups in total. The fraction of sp³-hybridized carbons (Fsp3) is 0.125. The van der Waals surface area contributed by atoms with Gasteiger partial charge in [0.15, 0.2) is 0 Å². The van der Waals surface area contributed by atoms with Gasteiger partial charge in [0, 0.05) is 0 Å². The average Bonchev–Trinajstić information content (AvgIpc) is 2.30. The van der Waals surface area contributed by atoms with E-state index in [1.165, 1.54) is 27.5 Å². The summed E-state index contributed by atoms with van der Waals surface area (Å²) in [7, 11) is 0. The van der Waals surface area contributed by atoms with Gasteiger partial charge in [0.2, 0.25) is 0 Å². The Labute approximate surface area is 96.9 Å². The molecule has 2 aromatic carbocycles. The zero-order valence-electron chi connectivity index (χ0n) is 9.83. The SMILES string of the molecule is C=C/C=C\c1c(C)c(C)cc2ccccc12. The Morgan fingerprint density at radius 2 is 1.88 bits per heavy atom. The Hall–Kier alpha value is -1.82. The minimum atomic E-state index is 1.30. The first kappa shape index (κ1) is 10.7. The summed E-state index contributed by atoms with van der Waals surface area (Å²) in [5.74, 6) is 0. The number of aryl methyl sites for hydroxylation is 1. The molecule has 0 aliphatic carbocycles. The highest BCUT2D eigenvalue weighted by Gasteiger charge is 2.04. The fourth-order valence-corrected chi connectivity index (χ4v) is 2.00. The van der Waals surface area contributed by atoms with Crippen LogP contribution in [-0.4, -0.2) is 0 Å². The first-order chi connectivity index (χ1) is 7.74. The van der Waals surface area contributed by atoms with Gasteiger partial charge in [-0.1, -0.05) is 55.1 Å². The lowest BCUT2D eigenvalue weighted by Gasteiger charge is -2.09. The Kier molecular flexibility index (Phi) is 2.91. The van der Waals surface area contributed by atoms with E-state index < -0.39 is 0 Å². The van der Waals surface area contributed by atoms with Crippen LogP contribution >= 0.6 is 0 Å². The van der Waals surface area contributed by atoms with Crippen LogP contribution in [0.25, 0.3) is 16.8 Å². The summed E-state index contributed by atoms with van der Waals surface area (Å²) in [6.45, 7) is 8.05. The largest absolute Gasteiger partial charge is 0.0991 e. The molecule has 0 fully saturated rings.